The summed E-state index contributed by atoms with van der Waals surface area (Å²) in [5, 5.41) is 11.1. The Morgan fingerprint density at radius 1 is 1.19 bits per heavy atom. The normalized spacial score (nSPS) is 21.2. The molecule has 32 heavy (non-hydrogen) atoms. The van der Waals surface area contributed by atoms with E-state index in [1.807, 2.05) is 13.0 Å². The number of ketones is 1. The highest BCUT2D eigenvalue weighted by Crippen LogP contribution is 2.38. The number of amides is 1. The lowest BCUT2D eigenvalue weighted by Crippen LogP contribution is -2.42. The van der Waals surface area contributed by atoms with E-state index in [2.05, 4.69) is 9.88 Å². The minimum atomic E-state index is -0.750. The number of Topliss-reactive ketones (excluding diaryl/α,β-unsaturated/α-hetero) is 1. The second kappa shape index (κ2) is 9.50. The highest BCUT2D eigenvalue weighted by molar-refractivity contribution is 6.46. The predicted octanol–water partition coefficient (Wildman–Crippen LogP) is 2.15. The molecular weight excluding hydrogens is 410 g/mol. The first-order chi connectivity index (χ1) is 15.5. The lowest BCUT2D eigenvalue weighted by atomic mass is 9.97. The maximum absolute atomic E-state index is 13.1. The van der Waals surface area contributed by atoms with Gasteiger partial charge in [-0.3, -0.25) is 19.5 Å². The number of pyridine rings is 1. The van der Waals surface area contributed by atoms with Crippen molar-refractivity contribution >= 4 is 17.4 Å². The molecule has 3 heterocycles. The van der Waals surface area contributed by atoms with Crippen molar-refractivity contribution in [2.24, 2.45) is 0 Å². The molecule has 2 fully saturated rings. The van der Waals surface area contributed by atoms with Crippen LogP contribution in [0.15, 0.2) is 48.2 Å². The highest BCUT2D eigenvalue weighted by Gasteiger charge is 2.46. The summed E-state index contributed by atoms with van der Waals surface area (Å²) >= 11 is 0. The van der Waals surface area contributed by atoms with E-state index in [0.717, 1.165) is 18.7 Å². The predicted molar refractivity (Wildman–Crippen MR) is 118 cm³/mol. The van der Waals surface area contributed by atoms with Gasteiger partial charge in [-0.2, -0.15) is 0 Å². The number of ether oxygens (including phenoxy) is 2. The van der Waals surface area contributed by atoms with Gasteiger partial charge in [0.2, 0.25) is 0 Å². The lowest BCUT2D eigenvalue weighted by molar-refractivity contribution is -0.140. The first-order valence-corrected chi connectivity index (χ1v) is 10.7. The summed E-state index contributed by atoms with van der Waals surface area (Å²) in [6.45, 7) is 5.68. The number of aliphatic hydroxyl groups is 1. The fraction of sp³-hybridized carbons (Fsp3) is 0.375. The van der Waals surface area contributed by atoms with Gasteiger partial charge in [0.25, 0.3) is 11.7 Å². The van der Waals surface area contributed by atoms with Crippen molar-refractivity contribution in [1.29, 1.82) is 0 Å². The summed E-state index contributed by atoms with van der Waals surface area (Å²) in [5.74, 6) is -0.860. The van der Waals surface area contributed by atoms with E-state index in [0.29, 0.717) is 43.3 Å². The number of benzene rings is 1. The number of aromatic nitrogens is 1. The summed E-state index contributed by atoms with van der Waals surface area (Å²) in [4.78, 5) is 34.2. The number of aryl methyl sites for hydroxylation is 1. The van der Waals surface area contributed by atoms with E-state index in [4.69, 9.17) is 9.47 Å². The smallest absolute Gasteiger partial charge is 0.295 e. The Kier molecular flexibility index (Phi) is 6.53. The van der Waals surface area contributed by atoms with Gasteiger partial charge in [0.05, 0.1) is 31.6 Å². The molecular formula is C24H27N3O5. The minimum Gasteiger partial charge on any atom is -0.507 e. The molecule has 2 saturated heterocycles. The molecule has 2 aliphatic heterocycles. The molecule has 0 spiro atoms. The third kappa shape index (κ3) is 4.24. The fourth-order valence-corrected chi connectivity index (χ4v) is 4.21. The van der Waals surface area contributed by atoms with Crippen LogP contribution >= 0.6 is 0 Å². The molecule has 1 aromatic heterocycles. The van der Waals surface area contributed by atoms with Crippen LogP contribution in [0.25, 0.3) is 5.76 Å². The van der Waals surface area contributed by atoms with Crippen LogP contribution in [0.3, 0.4) is 0 Å². The molecule has 0 saturated carbocycles. The van der Waals surface area contributed by atoms with Gasteiger partial charge in [0, 0.05) is 37.9 Å². The van der Waals surface area contributed by atoms with Gasteiger partial charge in [-0.05, 0) is 42.8 Å². The lowest BCUT2D eigenvalue weighted by Gasteiger charge is -2.30. The van der Waals surface area contributed by atoms with Gasteiger partial charge in [-0.15, -0.1) is 0 Å². The van der Waals surface area contributed by atoms with Crippen LogP contribution in [-0.4, -0.2) is 78.1 Å². The number of hydrogen-bond acceptors (Lipinski definition) is 7. The first kappa shape index (κ1) is 22.0. The summed E-state index contributed by atoms with van der Waals surface area (Å²) < 4.78 is 10.7. The van der Waals surface area contributed by atoms with E-state index in [-0.39, 0.29) is 11.3 Å². The zero-order valence-electron chi connectivity index (χ0n) is 18.3. The van der Waals surface area contributed by atoms with Crippen LogP contribution in [0.4, 0.5) is 0 Å². The van der Waals surface area contributed by atoms with Crippen molar-refractivity contribution in [3.8, 4) is 5.75 Å². The minimum absolute atomic E-state index is 0.0558. The second-order valence-electron chi connectivity index (χ2n) is 7.89. The molecule has 2 aliphatic rings. The quantitative estimate of drug-likeness (QED) is 0.421. The molecule has 0 radical (unpaired) electrons. The molecule has 1 atom stereocenters. The largest absolute Gasteiger partial charge is 0.507 e. The SMILES string of the molecule is COc1ccc(C(O)=C2C(=O)C(=O)N(CCN3CCOCC3)[C@H]2c2ccccn2)cc1C. The molecule has 0 bridgehead atoms. The number of methoxy groups -OCH3 is 1. The molecule has 1 amide bonds. The van der Waals surface area contributed by atoms with Crippen LogP contribution in [0.1, 0.15) is 22.9 Å². The highest BCUT2D eigenvalue weighted by atomic mass is 16.5. The number of carbonyl (C=O) groups is 2. The number of aliphatic hydroxyl groups excluding tert-OH is 1. The third-order valence-electron chi connectivity index (χ3n) is 5.94. The van der Waals surface area contributed by atoms with Crippen molar-refractivity contribution in [3.63, 3.8) is 0 Å². The Bertz CT molecular complexity index is 1030. The number of morpholine rings is 1. The average molecular weight is 437 g/mol. The molecule has 8 nitrogen and oxygen atoms in total. The van der Waals surface area contributed by atoms with Crippen molar-refractivity contribution in [2.75, 3.05) is 46.5 Å². The Labute approximate surface area is 187 Å². The molecule has 8 heteroatoms. The van der Waals surface area contributed by atoms with E-state index < -0.39 is 17.7 Å². The molecule has 0 aliphatic carbocycles. The Hall–Kier alpha value is -3.23. The summed E-state index contributed by atoms with van der Waals surface area (Å²) in [6.07, 6.45) is 1.62. The monoisotopic (exact) mass is 437 g/mol. The Morgan fingerprint density at radius 3 is 2.62 bits per heavy atom. The molecule has 4 rings (SSSR count). The molecule has 168 valence electrons. The standard InChI is InChI=1S/C24H27N3O5/c1-16-15-17(6-7-19(16)31-2)22(28)20-21(18-5-3-4-8-25-18)27(24(30)23(20)29)10-9-26-11-13-32-14-12-26/h3-8,15,21,28H,9-14H2,1-2H3/t21-/m0/s1. The van der Waals surface area contributed by atoms with Crippen LogP contribution < -0.4 is 4.74 Å². The van der Waals surface area contributed by atoms with Crippen molar-refractivity contribution in [2.45, 2.75) is 13.0 Å². The van der Waals surface area contributed by atoms with Crippen molar-refractivity contribution in [1.82, 2.24) is 14.8 Å². The van der Waals surface area contributed by atoms with E-state index in [9.17, 15) is 14.7 Å². The average Bonchev–Trinajstić information content (AvgIpc) is 3.08. The number of hydrogen-bond donors (Lipinski definition) is 1. The van der Waals surface area contributed by atoms with E-state index in [1.165, 1.54) is 4.90 Å². The Balaban J connectivity index is 1.72. The van der Waals surface area contributed by atoms with Crippen LogP contribution in [0, 0.1) is 6.92 Å². The zero-order valence-corrected chi connectivity index (χ0v) is 18.3. The first-order valence-electron chi connectivity index (χ1n) is 10.7. The van der Waals surface area contributed by atoms with E-state index in [1.54, 1.807) is 43.6 Å². The van der Waals surface area contributed by atoms with Crippen molar-refractivity contribution < 1.29 is 24.2 Å². The maximum atomic E-state index is 13.1. The van der Waals surface area contributed by atoms with Crippen LogP contribution in [0.5, 0.6) is 5.75 Å². The molecule has 1 N–H and O–H groups in total. The summed E-state index contributed by atoms with van der Waals surface area (Å²) in [6, 6.07) is 9.75. The number of nitrogens with zero attached hydrogens (tertiary/aromatic N) is 3. The van der Waals surface area contributed by atoms with Gasteiger partial charge in [-0.25, -0.2) is 0 Å². The Morgan fingerprint density at radius 2 is 1.97 bits per heavy atom. The van der Waals surface area contributed by atoms with E-state index >= 15 is 0 Å². The van der Waals surface area contributed by atoms with Crippen LogP contribution in [-0.2, 0) is 14.3 Å². The second-order valence-corrected chi connectivity index (χ2v) is 7.89. The molecule has 0 unspecified atom stereocenters. The number of carbonyl (C=O) groups excluding carboxylic acids is 2. The maximum Gasteiger partial charge on any atom is 0.295 e. The zero-order chi connectivity index (χ0) is 22.7. The molecule has 2 aromatic rings. The summed E-state index contributed by atoms with van der Waals surface area (Å²) in [5.41, 5.74) is 1.86. The third-order valence-corrected chi connectivity index (χ3v) is 5.94. The van der Waals surface area contributed by atoms with Gasteiger partial charge in [0.1, 0.15) is 17.6 Å². The molecule has 1 aromatic carbocycles. The number of likely N-dealkylation sites (tertiary alicyclic amines) is 1. The topological polar surface area (TPSA) is 92.2 Å². The van der Waals surface area contributed by atoms with Gasteiger partial charge in [0.15, 0.2) is 0 Å². The van der Waals surface area contributed by atoms with Gasteiger partial charge < -0.3 is 19.5 Å². The van der Waals surface area contributed by atoms with Crippen molar-refractivity contribution in [3.05, 3.63) is 65.0 Å². The van der Waals surface area contributed by atoms with Gasteiger partial charge in [-0.1, -0.05) is 6.07 Å². The van der Waals surface area contributed by atoms with Gasteiger partial charge >= 0.3 is 0 Å². The summed E-state index contributed by atoms with van der Waals surface area (Å²) in [7, 11) is 1.57. The fourth-order valence-electron chi connectivity index (χ4n) is 4.21. The number of rotatable bonds is 6. The van der Waals surface area contributed by atoms with Crippen LogP contribution in [0.2, 0.25) is 0 Å².